The van der Waals surface area contributed by atoms with Crippen LogP contribution in [0.3, 0.4) is 0 Å². The summed E-state index contributed by atoms with van der Waals surface area (Å²) in [7, 11) is 0. The van der Waals surface area contributed by atoms with E-state index in [4.69, 9.17) is 0 Å². The number of aromatic amines is 1. The van der Waals surface area contributed by atoms with Crippen molar-refractivity contribution in [3.05, 3.63) is 24.0 Å². The first kappa shape index (κ1) is 7.83. The van der Waals surface area contributed by atoms with Gasteiger partial charge in [-0.25, -0.2) is 0 Å². The molecule has 66 valence electrons. The number of aliphatic hydroxyl groups is 1. The van der Waals surface area contributed by atoms with Gasteiger partial charge in [0, 0.05) is 25.0 Å². The van der Waals surface area contributed by atoms with E-state index in [1.807, 2.05) is 18.5 Å². The highest BCUT2D eigenvalue weighted by molar-refractivity contribution is 5.12. The highest BCUT2D eigenvalue weighted by Crippen LogP contribution is 2.20. The molecule has 0 aliphatic heterocycles. The van der Waals surface area contributed by atoms with E-state index in [0.717, 1.165) is 5.56 Å². The van der Waals surface area contributed by atoms with Crippen molar-refractivity contribution < 1.29 is 5.11 Å². The molecular weight excluding hydrogens is 152 g/mol. The number of rotatable bonds is 4. The van der Waals surface area contributed by atoms with E-state index in [1.165, 1.54) is 12.8 Å². The molecule has 1 aliphatic carbocycles. The van der Waals surface area contributed by atoms with E-state index >= 15 is 0 Å². The zero-order valence-corrected chi connectivity index (χ0v) is 6.96. The second-order valence-corrected chi connectivity index (χ2v) is 3.34. The van der Waals surface area contributed by atoms with Crippen LogP contribution in [-0.4, -0.2) is 22.7 Å². The number of H-pyrrole nitrogens is 1. The third-order valence-electron chi connectivity index (χ3n) is 2.18. The molecule has 0 radical (unpaired) electrons. The smallest absolute Gasteiger partial charge is 0.0928 e. The predicted octanol–water partition coefficient (Wildman–Crippen LogP) is 0.800. The highest BCUT2D eigenvalue weighted by atomic mass is 16.3. The summed E-state index contributed by atoms with van der Waals surface area (Å²) in [5.41, 5.74) is 0.961. The van der Waals surface area contributed by atoms with E-state index in [0.29, 0.717) is 12.6 Å². The second kappa shape index (κ2) is 3.29. The molecule has 1 aromatic rings. The van der Waals surface area contributed by atoms with Crippen molar-refractivity contribution in [3.63, 3.8) is 0 Å². The summed E-state index contributed by atoms with van der Waals surface area (Å²) >= 11 is 0. The molecule has 2 rings (SSSR count). The second-order valence-electron chi connectivity index (χ2n) is 3.34. The zero-order chi connectivity index (χ0) is 8.39. The van der Waals surface area contributed by atoms with Gasteiger partial charge in [-0.2, -0.15) is 0 Å². The van der Waals surface area contributed by atoms with Crippen LogP contribution in [0.15, 0.2) is 18.5 Å². The van der Waals surface area contributed by atoms with Gasteiger partial charge in [-0.3, -0.25) is 0 Å². The molecule has 1 unspecified atom stereocenters. The van der Waals surface area contributed by atoms with Crippen LogP contribution in [0.2, 0.25) is 0 Å². The molecule has 3 heteroatoms. The molecule has 1 fully saturated rings. The van der Waals surface area contributed by atoms with Crippen LogP contribution in [0.4, 0.5) is 0 Å². The molecule has 0 saturated heterocycles. The normalized spacial score (nSPS) is 19.4. The molecule has 12 heavy (non-hydrogen) atoms. The summed E-state index contributed by atoms with van der Waals surface area (Å²) < 4.78 is 0. The Labute approximate surface area is 71.8 Å². The van der Waals surface area contributed by atoms with Crippen LogP contribution in [0.5, 0.6) is 0 Å². The minimum Gasteiger partial charge on any atom is -0.387 e. The number of aliphatic hydroxyl groups excluding tert-OH is 1. The lowest BCUT2D eigenvalue weighted by atomic mass is 10.2. The summed E-state index contributed by atoms with van der Waals surface area (Å²) in [4.78, 5) is 2.93. The van der Waals surface area contributed by atoms with E-state index < -0.39 is 0 Å². The third-order valence-corrected chi connectivity index (χ3v) is 2.18. The molecule has 1 aliphatic rings. The summed E-state index contributed by atoms with van der Waals surface area (Å²) in [6.07, 6.45) is 5.83. The Morgan fingerprint density at radius 1 is 1.67 bits per heavy atom. The first-order valence-electron chi connectivity index (χ1n) is 4.40. The average Bonchev–Trinajstić information content (AvgIpc) is 2.74. The first-order chi connectivity index (χ1) is 5.86. The van der Waals surface area contributed by atoms with Gasteiger partial charge in [0.15, 0.2) is 0 Å². The fourth-order valence-electron chi connectivity index (χ4n) is 1.23. The fraction of sp³-hybridized carbons (Fsp3) is 0.556. The van der Waals surface area contributed by atoms with Crippen LogP contribution < -0.4 is 5.32 Å². The lowest BCUT2D eigenvalue weighted by molar-refractivity contribution is 0.174. The maximum atomic E-state index is 9.60. The van der Waals surface area contributed by atoms with E-state index in [1.54, 1.807) is 0 Å². The molecule has 1 saturated carbocycles. The lowest BCUT2D eigenvalue weighted by Crippen LogP contribution is -2.23. The Morgan fingerprint density at radius 3 is 3.08 bits per heavy atom. The molecular formula is C9H14N2O. The number of nitrogens with one attached hydrogen (secondary N) is 2. The molecule has 1 aromatic heterocycles. The largest absolute Gasteiger partial charge is 0.387 e. The highest BCUT2D eigenvalue weighted by Gasteiger charge is 2.21. The predicted molar refractivity (Wildman–Crippen MR) is 46.8 cm³/mol. The Morgan fingerprint density at radius 2 is 2.50 bits per heavy atom. The topological polar surface area (TPSA) is 48.0 Å². The van der Waals surface area contributed by atoms with Crippen molar-refractivity contribution >= 4 is 0 Å². The maximum absolute atomic E-state index is 9.60. The molecule has 3 nitrogen and oxygen atoms in total. The molecule has 0 bridgehead atoms. The van der Waals surface area contributed by atoms with Crippen molar-refractivity contribution in [3.8, 4) is 0 Å². The van der Waals surface area contributed by atoms with Gasteiger partial charge in [-0.05, 0) is 24.5 Å². The van der Waals surface area contributed by atoms with Gasteiger partial charge in [-0.15, -0.1) is 0 Å². The Hall–Kier alpha value is -0.800. The van der Waals surface area contributed by atoms with Gasteiger partial charge in [0.05, 0.1) is 6.10 Å². The van der Waals surface area contributed by atoms with Crippen LogP contribution in [0.1, 0.15) is 24.5 Å². The molecule has 0 spiro atoms. The van der Waals surface area contributed by atoms with E-state index in [2.05, 4.69) is 10.3 Å². The van der Waals surface area contributed by atoms with Crippen molar-refractivity contribution in [2.45, 2.75) is 25.0 Å². The summed E-state index contributed by atoms with van der Waals surface area (Å²) in [5, 5.41) is 12.9. The number of hydrogen-bond acceptors (Lipinski definition) is 2. The molecule has 1 atom stereocenters. The number of hydrogen-bond donors (Lipinski definition) is 3. The van der Waals surface area contributed by atoms with Crippen LogP contribution in [0, 0.1) is 0 Å². The lowest BCUT2D eigenvalue weighted by Gasteiger charge is -2.08. The minimum absolute atomic E-state index is 0.364. The summed E-state index contributed by atoms with van der Waals surface area (Å²) in [5.74, 6) is 0. The zero-order valence-electron chi connectivity index (χ0n) is 6.96. The third kappa shape index (κ3) is 1.87. The van der Waals surface area contributed by atoms with Gasteiger partial charge in [-0.1, -0.05) is 0 Å². The summed E-state index contributed by atoms with van der Waals surface area (Å²) in [6, 6.07) is 2.57. The van der Waals surface area contributed by atoms with Gasteiger partial charge in [0.2, 0.25) is 0 Å². The van der Waals surface area contributed by atoms with Gasteiger partial charge < -0.3 is 15.4 Å². The van der Waals surface area contributed by atoms with E-state index in [-0.39, 0.29) is 6.10 Å². The van der Waals surface area contributed by atoms with Crippen molar-refractivity contribution in [1.82, 2.24) is 10.3 Å². The molecule has 0 aromatic carbocycles. The van der Waals surface area contributed by atoms with Gasteiger partial charge in [0.1, 0.15) is 0 Å². The molecule has 0 amide bonds. The average molecular weight is 166 g/mol. The number of aromatic nitrogens is 1. The summed E-state index contributed by atoms with van der Waals surface area (Å²) in [6.45, 7) is 0.669. The van der Waals surface area contributed by atoms with Crippen LogP contribution in [-0.2, 0) is 0 Å². The maximum Gasteiger partial charge on any atom is 0.0928 e. The Balaban J connectivity index is 1.79. The van der Waals surface area contributed by atoms with Crippen molar-refractivity contribution in [2.75, 3.05) is 6.54 Å². The van der Waals surface area contributed by atoms with Gasteiger partial charge >= 0.3 is 0 Å². The molecule has 3 N–H and O–H groups in total. The quantitative estimate of drug-likeness (QED) is 0.619. The standard InChI is InChI=1S/C9H14N2O/c12-9(6-11-8-1-2-8)7-3-4-10-5-7/h3-5,8-12H,1-2,6H2. The fourth-order valence-corrected chi connectivity index (χ4v) is 1.23. The SMILES string of the molecule is OC(CNC1CC1)c1cc[nH]c1. The minimum atomic E-state index is -0.364. The Kier molecular flexibility index (Phi) is 2.15. The van der Waals surface area contributed by atoms with Crippen LogP contribution in [0.25, 0.3) is 0 Å². The van der Waals surface area contributed by atoms with Crippen molar-refractivity contribution in [1.29, 1.82) is 0 Å². The van der Waals surface area contributed by atoms with Gasteiger partial charge in [0.25, 0.3) is 0 Å². The van der Waals surface area contributed by atoms with Crippen molar-refractivity contribution in [2.24, 2.45) is 0 Å². The monoisotopic (exact) mass is 166 g/mol. The molecule has 1 heterocycles. The Bertz CT molecular complexity index is 229. The first-order valence-corrected chi connectivity index (χ1v) is 4.40. The van der Waals surface area contributed by atoms with Crippen LogP contribution >= 0.6 is 0 Å². The van der Waals surface area contributed by atoms with E-state index in [9.17, 15) is 5.11 Å².